The Morgan fingerprint density at radius 3 is 2.52 bits per heavy atom. The molecule has 0 radical (unpaired) electrons. The molecule has 44 heavy (non-hydrogen) atoms. The van der Waals surface area contributed by atoms with Gasteiger partial charge in [0.15, 0.2) is 16.3 Å². The fourth-order valence-electron chi connectivity index (χ4n) is 5.44. The Bertz CT molecular complexity index is 2070. The number of para-hydroxylation sites is 1. The summed E-state index contributed by atoms with van der Waals surface area (Å²) in [4.78, 5) is 32.1. The number of nitrogens with zero attached hydrogens (tertiary/aromatic N) is 3. The molecule has 1 atom stereocenters. The third kappa shape index (κ3) is 5.56. The van der Waals surface area contributed by atoms with Crippen LogP contribution in [0.2, 0.25) is 5.02 Å². The molecule has 2 aromatic heterocycles. The number of halogens is 1. The molecule has 0 N–H and O–H groups in total. The van der Waals surface area contributed by atoms with Crippen molar-refractivity contribution in [3.05, 3.63) is 126 Å². The molecule has 5 aromatic rings. The highest BCUT2D eigenvalue weighted by Gasteiger charge is 2.31. The largest absolute Gasteiger partial charge is 0.490 e. The second-order valence-electron chi connectivity index (χ2n) is 10.1. The summed E-state index contributed by atoms with van der Waals surface area (Å²) in [6.07, 6.45) is 5.43. The van der Waals surface area contributed by atoms with E-state index in [4.69, 9.17) is 25.8 Å². The van der Waals surface area contributed by atoms with Crippen LogP contribution in [0.5, 0.6) is 11.5 Å². The summed E-state index contributed by atoms with van der Waals surface area (Å²) in [6.45, 7) is 5.33. The Balaban J connectivity index is 1.48. The zero-order chi connectivity index (χ0) is 30.8. The van der Waals surface area contributed by atoms with E-state index in [0.29, 0.717) is 51.2 Å². The van der Waals surface area contributed by atoms with Gasteiger partial charge in [-0.15, -0.1) is 0 Å². The lowest BCUT2D eigenvalue weighted by Gasteiger charge is -2.23. The van der Waals surface area contributed by atoms with Gasteiger partial charge in [-0.05, 0) is 61.4 Å². The van der Waals surface area contributed by atoms with Crippen LogP contribution in [0, 0.1) is 0 Å². The quantitative estimate of drug-likeness (QED) is 0.202. The van der Waals surface area contributed by atoms with Gasteiger partial charge in [-0.2, -0.15) is 0 Å². The van der Waals surface area contributed by atoms with Crippen LogP contribution in [0.1, 0.15) is 36.6 Å². The van der Waals surface area contributed by atoms with Crippen LogP contribution in [0.3, 0.4) is 0 Å². The summed E-state index contributed by atoms with van der Waals surface area (Å²) in [5.41, 5.74) is 3.73. The van der Waals surface area contributed by atoms with Crippen molar-refractivity contribution in [1.82, 2.24) is 9.13 Å². The Morgan fingerprint density at radius 2 is 1.77 bits per heavy atom. The Kier molecular flexibility index (Phi) is 8.41. The van der Waals surface area contributed by atoms with E-state index in [2.05, 4.69) is 21.8 Å². The van der Waals surface area contributed by atoms with E-state index in [-0.39, 0.29) is 11.1 Å². The zero-order valence-corrected chi connectivity index (χ0v) is 26.0. The maximum atomic E-state index is 14.1. The van der Waals surface area contributed by atoms with Crippen LogP contribution in [0.25, 0.3) is 17.0 Å². The van der Waals surface area contributed by atoms with Gasteiger partial charge in [0.05, 0.1) is 36.5 Å². The van der Waals surface area contributed by atoms with E-state index in [1.807, 2.05) is 74.5 Å². The van der Waals surface area contributed by atoms with Gasteiger partial charge < -0.3 is 18.8 Å². The van der Waals surface area contributed by atoms with Gasteiger partial charge in [0.2, 0.25) is 0 Å². The van der Waals surface area contributed by atoms with Crippen molar-refractivity contribution in [3.63, 3.8) is 0 Å². The number of thiazole rings is 1. The number of fused-ring (bicyclic) bond motifs is 2. The molecule has 224 valence electrons. The number of ether oxygens (including phenoxy) is 3. The molecule has 0 bridgehead atoms. The van der Waals surface area contributed by atoms with Crippen molar-refractivity contribution < 1.29 is 19.0 Å². The Hall–Kier alpha value is -4.60. The van der Waals surface area contributed by atoms with Crippen molar-refractivity contribution >= 4 is 45.9 Å². The maximum Gasteiger partial charge on any atom is 0.337 e. The van der Waals surface area contributed by atoms with Gasteiger partial charge >= 0.3 is 5.97 Å². The summed E-state index contributed by atoms with van der Waals surface area (Å²) in [7, 11) is 1.31. The second-order valence-corrected chi connectivity index (χ2v) is 11.5. The average molecular weight is 628 g/mol. The minimum Gasteiger partial charge on any atom is -0.490 e. The number of methoxy groups -OCH3 is 1. The molecule has 3 heterocycles. The normalized spacial score (nSPS) is 14.6. The molecule has 0 aliphatic carbocycles. The standard InChI is InChI=1S/C34H30ClN3O5S/c1-4-42-28-15-12-22(16-29(28)43-5-2)31-26(33(40)41-3)18-36-34-38(31)32(39)30(44-34)17-23-20-37(27-9-7-6-8-25(23)27)19-21-10-13-24(35)14-11-21/h6-18,20,31H,4-5,19H2,1-3H3/b30-17+/t31-/m1/s1. The molecule has 1 aliphatic heterocycles. The van der Waals surface area contributed by atoms with Crippen molar-refractivity contribution in [3.8, 4) is 11.5 Å². The minimum absolute atomic E-state index is 0.248. The summed E-state index contributed by atoms with van der Waals surface area (Å²) in [6, 6.07) is 20.5. The maximum absolute atomic E-state index is 14.1. The van der Waals surface area contributed by atoms with E-state index in [0.717, 1.165) is 22.0 Å². The molecule has 0 unspecified atom stereocenters. The van der Waals surface area contributed by atoms with Crippen molar-refractivity contribution in [2.45, 2.75) is 26.4 Å². The van der Waals surface area contributed by atoms with E-state index in [9.17, 15) is 9.59 Å². The summed E-state index contributed by atoms with van der Waals surface area (Å²) < 4.78 is 20.9. The molecule has 1 aliphatic rings. The fraction of sp³-hybridized carbons (Fsp3) is 0.206. The third-order valence-electron chi connectivity index (χ3n) is 7.38. The van der Waals surface area contributed by atoms with Crippen LogP contribution in [-0.2, 0) is 16.1 Å². The van der Waals surface area contributed by atoms with Gasteiger partial charge in [0.1, 0.15) is 0 Å². The molecular weight excluding hydrogens is 598 g/mol. The monoisotopic (exact) mass is 627 g/mol. The average Bonchev–Trinajstić information content (AvgIpc) is 3.55. The Labute approximate surface area is 262 Å². The lowest BCUT2D eigenvalue weighted by molar-refractivity contribution is -0.136. The highest BCUT2D eigenvalue weighted by atomic mass is 35.5. The number of hydrogen-bond acceptors (Lipinski definition) is 7. The molecule has 6 rings (SSSR count). The fourth-order valence-corrected chi connectivity index (χ4v) is 6.52. The minimum atomic E-state index is -0.762. The summed E-state index contributed by atoms with van der Waals surface area (Å²) in [5.74, 6) is 0.554. The highest BCUT2D eigenvalue weighted by Crippen LogP contribution is 2.35. The predicted molar refractivity (Wildman–Crippen MR) is 172 cm³/mol. The molecule has 3 aromatic carbocycles. The topological polar surface area (TPSA) is 84.0 Å². The van der Waals surface area contributed by atoms with Crippen molar-refractivity contribution in [2.75, 3.05) is 20.3 Å². The van der Waals surface area contributed by atoms with Crippen LogP contribution < -0.4 is 24.4 Å². The molecule has 0 saturated carbocycles. The lowest BCUT2D eigenvalue weighted by Crippen LogP contribution is -2.39. The van der Waals surface area contributed by atoms with E-state index in [1.165, 1.54) is 24.6 Å². The van der Waals surface area contributed by atoms with Gasteiger partial charge in [0, 0.05) is 40.4 Å². The first-order valence-electron chi connectivity index (χ1n) is 14.2. The van der Waals surface area contributed by atoms with E-state index in [1.54, 1.807) is 10.6 Å². The van der Waals surface area contributed by atoms with E-state index < -0.39 is 12.0 Å². The van der Waals surface area contributed by atoms with Crippen LogP contribution in [-0.4, -0.2) is 35.4 Å². The van der Waals surface area contributed by atoms with Gasteiger partial charge in [0.25, 0.3) is 5.56 Å². The highest BCUT2D eigenvalue weighted by molar-refractivity contribution is 7.07. The van der Waals surface area contributed by atoms with Crippen LogP contribution in [0.15, 0.2) is 94.5 Å². The SMILES string of the molecule is CCOc1ccc([C@@H]2C(C(=O)OC)=CN=c3s/c(=C/c4cn(Cc5ccc(Cl)cc5)c5ccccc45)c(=O)n32)cc1OCC. The first-order valence-corrected chi connectivity index (χ1v) is 15.4. The molecular formula is C34H30ClN3O5S. The van der Waals surface area contributed by atoms with Gasteiger partial charge in [-0.25, -0.2) is 9.79 Å². The number of aromatic nitrogens is 2. The van der Waals surface area contributed by atoms with E-state index >= 15 is 0 Å². The number of carbonyl (C=O) groups is 1. The van der Waals surface area contributed by atoms with Gasteiger partial charge in [-0.3, -0.25) is 9.36 Å². The number of rotatable bonds is 9. The first kappa shape index (κ1) is 29.5. The van der Waals surface area contributed by atoms with Crippen LogP contribution in [0.4, 0.5) is 0 Å². The molecule has 0 fully saturated rings. The van der Waals surface area contributed by atoms with Crippen molar-refractivity contribution in [2.24, 2.45) is 4.99 Å². The Morgan fingerprint density at radius 1 is 1.02 bits per heavy atom. The molecule has 10 heteroatoms. The second kappa shape index (κ2) is 12.6. The summed E-state index contributed by atoms with van der Waals surface area (Å²) >= 11 is 7.37. The van der Waals surface area contributed by atoms with Crippen LogP contribution >= 0.6 is 22.9 Å². The zero-order valence-electron chi connectivity index (χ0n) is 24.5. The number of hydrogen-bond donors (Lipinski definition) is 0. The summed E-state index contributed by atoms with van der Waals surface area (Å²) in [5, 5.41) is 1.71. The molecule has 0 amide bonds. The third-order valence-corrected chi connectivity index (χ3v) is 8.63. The number of carbonyl (C=O) groups excluding carboxylic acids is 1. The molecule has 0 spiro atoms. The number of benzene rings is 3. The smallest absolute Gasteiger partial charge is 0.337 e. The molecule has 0 saturated heterocycles. The van der Waals surface area contributed by atoms with Crippen molar-refractivity contribution in [1.29, 1.82) is 0 Å². The number of esters is 1. The van der Waals surface area contributed by atoms with Gasteiger partial charge in [-0.1, -0.05) is 59.3 Å². The lowest BCUT2D eigenvalue weighted by atomic mass is 9.97. The first-order chi connectivity index (χ1) is 21.4. The molecule has 8 nitrogen and oxygen atoms in total. The predicted octanol–water partition coefficient (Wildman–Crippen LogP) is 5.47.